The monoisotopic (exact) mass is 248 g/mol. The molecule has 0 amide bonds. The molecule has 0 aromatic heterocycles. The molecule has 3 heteroatoms. The predicted octanol–water partition coefficient (Wildman–Crippen LogP) is 2.76. The summed E-state index contributed by atoms with van der Waals surface area (Å²) >= 11 is 0. The van der Waals surface area contributed by atoms with Gasteiger partial charge < -0.3 is 9.47 Å². The molecular weight excluding hydrogens is 228 g/mol. The Labute approximate surface area is 108 Å². The number of hydrogen-bond acceptors (Lipinski definition) is 3. The molecule has 2 fully saturated rings. The van der Waals surface area contributed by atoms with E-state index in [0.29, 0.717) is 5.57 Å². The fourth-order valence-electron chi connectivity index (χ4n) is 3.19. The summed E-state index contributed by atoms with van der Waals surface area (Å²) < 4.78 is 11.3. The van der Waals surface area contributed by atoms with Gasteiger partial charge in [0.25, 0.3) is 0 Å². The van der Waals surface area contributed by atoms with E-state index in [0.717, 1.165) is 25.7 Å². The predicted molar refractivity (Wildman–Crippen MR) is 68.0 cm³/mol. The summed E-state index contributed by atoms with van der Waals surface area (Å²) in [6.07, 6.45) is 6.30. The van der Waals surface area contributed by atoms with Crippen LogP contribution < -0.4 is 0 Å². The summed E-state index contributed by atoms with van der Waals surface area (Å²) in [6, 6.07) is 0. The van der Waals surface area contributed by atoms with E-state index >= 15 is 0 Å². The second-order valence-electron chi connectivity index (χ2n) is 6.02. The van der Waals surface area contributed by atoms with E-state index in [9.17, 15) is 4.79 Å². The highest BCUT2D eigenvalue weighted by atomic mass is 16.6. The first-order valence-corrected chi connectivity index (χ1v) is 6.73. The Morgan fingerprint density at radius 1 is 1.50 bits per heavy atom. The van der Waals surface area contributed by atoms with E-state index < -0.39 is 0 Å². The van der Waals surface area contributed by atoms with Gasteiger partial charge in [-0.25, -0.2) is 4.79 Å². The second kappa shape index (κ2) is 3.95. The first-order valence-electron chi connectivity index (χ1n) is 6.73. The molecule has 4 atom stereocenters. The van der Waals surface area contributed by atoms with E-state index in [1.807, 2.05) is 0 Å². The first-order chi connectivity index (χ1) is 8.49. The minimum Gasteiger partial charge on any atom is -0.458 e. The lowest BCUT2D eigenvalue weighted by Crippen LogP contribution is -2.22. The SMILES string of the molecule is C=C1C(=O)O[C@@H]2C/C(C)=C/CC[C@]3(C)O[C@H]3C[C@H]12. The summed E-state index contributed by atoms with van der Waals surface area (Å²) in [5.74, 6) is -0.0924. The van der Waals surface area contributed by atoms with Crippen LogP contribution in [0.3, 0.4) is 0 Å². The van der Waals surface area contributed by atoms with Crippen LogP contribution in [0.25, 0.3) is 0 Å². The maximum Gasteiger partial charge on any atom is 0.334 e. The first kappa shape index (κ1) is 12.0. The highest BCUT2D eigenvalue weighted by Gasteiger charge is 2.54. The smallest absolute Gasteiger partial charge is 0.334 e. The largest absolute Gasteiger partial charge is 0.458 e. The van der Waals surface area contributed by atoms with Crippen molar-refractivity contribution in [2.24, 2.45) is 5.92 Å². The number of rotatable bonds is 0. The van der Waals surface area contributed by atoms with Crippen molar-refractivity contribution >= 4 is 5.97 Å². The summed E-state index contributed by atoms with van der Waals surface area (Å²) in [7, 11) is 0. The maximum absolute atomic E-state index is 11.7. The molecule has 2 heterocycles. The van der Waals surface area contributed by atoms with Crippen molar-refractivity contribution in [1.29, 1.82) is 0 Å². The number of ether oxygens (including phenoxy) is 2. The zero-order valence-corrected chi connectivity index (χ0v) is 11.1. The quantitative estimate of drug-likeness (QED) is 0.286. The van der Waals surface area contributed by atoms with Crippen molar-refractivity contribution in [3.8, 4) is 0 Å². The van der Waals surface area contributed by atoms with Crippen LogP contribution in [-0.2, 0) is 14.3 Å². The van der Waals surface area contributed by atoms with Gasteiger partial charge in [-0.2, -0.15) is 0 Å². The molecule has 3 rings (SSSR count). The third-order valence-corrected chi connectivity index (χ3v) is 4.58. The van der Waals surface area contributed by atoms with Gasteiger partial charge in [-0.15, -0.1) is 0 Å². The summed E-state index contributed by atoms with van der Waals surface area (Å²) in [6.45, 7) is 8.17. The fraction of sp³-hybridized carbons (Fsp3) is 0.667. The second-order valence-corrected chi connectivity index (χ2v) is 6.02. The Balaban J connectivity index is 1.86. The summed E-state index contributed by atoms with van der Waals surface area (Å²) in [5.41, 5.74) is 1.94. The standard InChI is InChI=1S/C15H20O3/c1-9-5-4-6-15(3)13(18-15)8-11-10(2)14(16)17-12(11)7-9/h5,11-13H,2,4,6-8H2,1,3H3/b9-5+/t11-,12-,13+,15+/m1/s1. The molecule has 18 heavy (non-hydrogen) atoms. The van der Waals surface area contributed by atoms with Crippen molar-refractivity contribution in [3.05, 3.63) is 23.8 Å². The Morgan fingerprint density at radius 3 is 3.06 bits per heavy atom. The number of epoxide rings is 1. The van der Waals surface area contributed by atoms with Crippen molar-refractivity contribution in [2.75, 3.05) is 0 Å². The number of fused-ring (bicyclic) bond motifs is 2. The molecule has 98 valence electrons. The summed E-state index contributed by atoms with van der Waals surface area (Å²) in [5, 5.41) is 0. The van der Waals surface area contributed by atoms with E-state index in [1.165, 1.54) is 5.57 Å². The van der Waals surface area contributed by atoms with Crippen LogP contribution in [-0.4, -0.2) is 23.8 Å². The van der Waals surface area contributed by atoms with Crippen LogP contribution in [0.2, 0.25) is 0 Å². The fourth-order valence-corrected chi connectivity index (χ4v) is 3.19. The molecule has 0 saturated carbocycles. The molecule has 0 N–H and O–H groups in total. The molecule has 3 aliphatic rings. The van der Waals surface area contributed by atoms with Crippen molar-refractivity contribution in [2.45, 2.75) is 57.3 Å². The van der Waals surface area contributed by atoms with E-state index in [4.69, 9.17) is 9.47 Å². The van der Waals surface area contributed by atoms with Gasteiger partial charge >= 0.3 is 5.97 Å². The molecule has 0 bridgehead atoms. The van der Waals surface area contributed by atoms with Crippen molar-refractivity contribution in [3.63, 3.8) is 0 Å². The van der Waals surface area contributed by atoms with Gasteiger partial charge in [0.1, 0.15) is 6.10 Å². The lowest BCUT2D eigenvalue weighted by Gasteiger charge is -2.19. The topological polar surface area (TPSA) is 38.8 Å². The van der Waals surface area contributed by atoms with Crippen LogP contribution in [0, 0.1) is 5.92 Å². The van der Waals surface area contributed by atoms with Gasteiger partial charge in [-0.05, 0) is 33.1 Å². The molecule has 1 aliphatic carbocycles. The Bertz CT molecular complexity index is 437. The van der Waals surface area contributed by atoms with E-state index in [1.54, 1.807) is 0 Å². The zero-order valence-electron chi connectivity index (χ0n) is 11.1. The van der Waals surface area contributed by atoms with Crippen LogP contribution in [0.1, 0.15) is 39.5 Å². The van der Waals surface area contributed by atoms with Gasteiger partial charge in [-0.3, -0.25) is 0 Å². The van der Waals surface area contributed by atoms with E-state index in [-0.39, 0.29) is 29.7 Å². The van der Waals surface area contributed by atoms with Crippen molar-refractivity contribution in [1.82, 2.24) is 0 Å². The lowest BCUT2D eigenvalue weighted by atomic mass is 9.84. The van der Waals surface area contributed by atoms with Gasteiger partial charge in [0.15, 0.2) is 0 Å². The summed E-state index contributed by atoms with van der Waals surface area (Å²) in [4.78, 5) is 11.7. The molecule has 2 aliphatic heterocycles. The maximum atomic E-state index is 11.7. The van der Waals surface area contributed by atoms with Gasteiger partial charge in [0.05, 0.1) is 11.7 Å². The third kappa shape index (κ3) is 1.91. The molecule has 2 saturated heterocycles. The number of hydrogen-bond donors (Lipinski definition) is 0. The molecule has 0 radical (unpaired) electrons. The molecule has 0 unspecified atom stereocenters. The number of esters is 1. The third-order valence-electron chi connectivity index (χ3n) is 4.58. The zero-order chi connectivity index (χ0) is 12.9. The minimum absolute atomic E-state index is 0.00455. The normalized spacial score (nSPS) is 46.6. The van der Waals surface area contributed by atoms with Gasteiger partial charge in [0, 0.05) is 17.9 Å². The number of carbonyl (C=O) groups excluding carboxylic acids is 1. The Hall–Kier alpha value is -1.09. The van der Waals surface area contributed by atoms with Gasteiger partial charge in [0.2, 0.25) is 0 Å². The lowest BCUT2D eigenvalue weighted by molar-refractivity contribution is -0.139. The Kier molecular flexibility index (Phi) is 2.63. The average Bonchev–Trinajstić information content (AvgIpc) is 2.86. The molecule has 0 spiro atoms. The van der Waals surface area contributed by atoms with Crippen molar-refractivity contribution < 1.29 is 14.3 Å². The molecule has 0 aromatic carbocycles. The van der Waals surface area contributed by atoms with Gasteiger partial charge in [-0.1, -0.05) is 18.2 Å². The van der Waals surface area contributed by atoms with E-state index in [2.05, 4.69) is 26.5 Å². The Morgan fingerprint density at radius 2 is 2.28 bits per heavy atom. The average molecular weight is 248 g/mol. The highest BCUT2D eigenvalue weighted by Crippen LogP contribution is 2.48. The van der Waals surface area contributed by atoms with Crippen LogP contribution in [0.4, 0.5) is 0 Å². The minimum atomic E-state index is -0.223. The highest BCUT2D eigenvalue weighted by molar-refractivity contribution is 5.90. The molecule has 0 aromatic rings. The number of allylic oxidation sites excluding steroid dienone is 1. The number of carbonyl (C=O) groups is 1. The van der Waals surface area contributed by atoms with Crippen LogP contribution >= 0.6 is 0 Å². The molecule has 3 nitrogen and oxygen atoms in total. The van der Waals surface area contributed by atoms with Crippen LogP contribution in [0.5, 0.6) is 0 Å². The molecular formula is C15H20O3. The van der Waals surface area contributed by atoms with Crippen LogP contribution in [0.15, 0.2) is 23.8 Å².